The third-order valence-electron chi connectivity index (χ3n) is 5.20. The number of nitrogens with one attached hydrogen (secondary N) is 2. The van der Waals surface area contributed by atoms with Gasteiger partial charge in [-0.25, -0.2) is 0 Å². The van der Waals surface area contributed by atoms with E-state index >= 15 is 0 Å². The Hall–Kier alpha value is -2.16. The van der Waals surface area contributed by atoms with Crippen LogP contribution in [0.15, 0.2) is 84.5 Å². The molecule has 0 aromatic heterocycles. The highest BCUT2D eigenvalue weighted by Crippen LogP contribution is 2.29. The zero-order valence-electron chi connectivity index (χ0n) is 16.4. The maximum atomic E-state index is 3.85. The van der Waals surface area contributed by atoms with Crippen molar-refractivity contribution in [2.45, 2.75) is 44.7 Å². The SMILES string of the molecule is CCNC(c1ccccc1)C(NCCCC1=CCC=CC1)c1ccccc1. The minimum Gasteiger partial charge on any atom is -0.309 e. The summed E-state index contributed by atoms with van der Waals surface area (Å²) in [6, 6.07) is 22.2. The molecule has 2 nitrogen and oxygen atoms in total. The van der Waals surface area contributed by atoms with Crippen LogP contribution in [0.5, 0.6) is 0 Å². The Labute approximate surface area is 164 Å². The first kappa shape index (κ1) is 19.6. The van der Waals surface area contributed by atoms with Gasteiger partial charge in [0.05, 0.1) is 12.1 Å². The number of allylic oxidation sites excluding steroid dienone is 4. The van der Waals surface area contributed by atoms with Crippen molar-refractivity contribution in [1.82, 2.24) is 10.6 Å². The molecule has 0 amide bonds. The Bertz CT molecular complexity index is 719. The smallest absolute Gasteiger partial charge is 0.0518 e. The lowest BCUT2D eigenvalue weighted by Crippen LogP contribution is -2.36. The highest BCUT2D eigenvalue weighted by atomic mass is 15.0. The van der Waals surface area contributed by atoms with E-state index in [1.165, 1.54) is 24.0 Å². The van der Waals surface area contributed by atoms with Crippen LogP contribution in [-0.4, -0.2) is 13.1 Å². The van der Waals surface area contributed by atoms with Crippen LogP contribution in [0.1, 0.15) is 55.8 Å². The summed E-state index contributed by atoms with van der Waals surface area (Å²) < 4.78 is 0. The van der Waals surface area contributed by atoms with E-state index in [4.69, 9.17) is 0 Å². The van der Waals surface area contributed by atoms with Crippen LogP contribution >= 0.6 is 0 Å². The maximum Gasteiger partial charge on any atom is 0.0518 e. The monoisotopic (exact) mass is 360 g/mol. The fourth-order valence-corrected chi connectivity index (χ4v) is 3.82. The normalized spacial score (nSPS) is 16.0. The first-order valence-corrected chi connectivity index (χ1v) is 10.3. The zero-order chi connectivity index (χ0) is 18.7. The lowest BCUT2D eigenvalue weighted by atomic mass is 9.93. The Balaban J connectivity index is 1.69. The second-order valence-corrected chi connectivity index (χ2v) is 7.17. The van der Waals surface area contributed by atoms with Gasteiger partial charge in [0, 0.05) is 0 Å². The Morgan fingerprint density at radius 2 is 1.44 bits per heavy atom. The van der Waals surface area contributed by atoms with Gasteiger partial charge in [0.15, 0.2) is 0 Å². The Kier molecular flexibility index (Phi) is 7.88. The van der Waals surface area contributed by atoms with Gasteiger partial charge in [-0.05, 0) is 49.9 Å². The van der Waals surface area contributed by atoms with Crippen LogP contribution in [0, 0.1) is 0 Å². The summed E-state index contributed by atoms with van der Waals surface area (Å²) in [5.41, 5.74) is 4.26. The van der Waals surface area contributed by atoms with Gasteiger partial charge >= 0.3 is 0 Å². The summed E-state index contributed by atoms with van der Waals surface area (Å²) in [4.78, 5) is 0. The van der Waals surface area contributed by atoms with E-state index in [0.29, 0.717) is 0 Å². The van der Waals surface area contributed by atoms with Gasteiger partial charge in [0.25, 0.3) is 0 Å². The highest BCUT2D eigenvalue weighted by Gasteiger charge is 2.23. The second kappa shape index (κ2) is 10.9. The number of benzene rings is 2. The van der Waals surface area contributed by atoms with Crippen LogP contribution in [0.3, 0.4) is 0 Å². The summed E-state index contributed by atoms with van der Waals surface area (Å²) in [5, 5.41) is 7.56. The van der Waals surface area contributed by atoms with Gasteiger partial charge in [-0.1, -0.05) is 91.4 Å². The fraction of sp³-hybridized carbons (Fsp3) is 0.360. The van der Waals surface area contributed by atoms with Gasteiger partial charge in [-0.2, -0.15) is 0 Å². The fourth-order valence-electron chi connectivity index (χ4n) is 3.82. The Morgan fingerprint density at radius 1 is 0.815 bits per heavy atom. The highest BCUT2D eigenvalue weighted by molar-refractivity contribution is 5.27. The van der Waals surface area contributed by atoms with E-state index in [1.807, 2.05) is 0 Å². The summed E-state index contributed by atoms with van der Waals surface area (Å²) in [6.07, 6.45) is 11.5. The standard InChI is InChI=1S/C25H32N2/c1-2-26-24(22-16-8-4-9-17-22)25(23-18-10-5-11-19-23)27-20-12-15-21-13-6-3-7-14-21/h3-6,8-11,14,16-19,24-27H,2,7,12-13,15,20H2,1H3. The van der Waals surface area contributed by atoms with Crippen molar-refractivity contribution in [1.29, 1.82) is 0 Å². The van der Waals surface area contributed by atoms with Crippen molar-refractivity contribution in [2.75, 3.05) is 13.1 Å². The molecule has 0 radical (unpaired) electrons. The summed E-state index contributed by atoms with van der Waals surface area (Å²) in [5.74, 6) is 0. The van der Waals surface area contributed by atoms with Crippen molar-refractivity contribution < 1.29 is 0 Å². The van der Waals surface area contributed by atoms with E-state index in [1.54, 1.807) is 5.57 Å². The molecule has 0 saturated carbocycles. The summed E-state index contributed by atoms with van der Waals surface area (Å²) in [7, 11) is 0. The molecular weight excluding hydrogens is 328 g/mol. The molecule has 0 aliphatic heterocycles. The number of rotatable bonds is 10. The average Bonchev–Trinajstić information content (AvgIpc) is 2.75. The van der Waals surface area contributed by atoms with Gasteiger partial charge in [0.2, 0.25) is 0 Å². The molecule has 2 heteroatoms. The van der Waals surface area contributed by atoms with Crippen LogP contribution in [-0.2, 0) is 0 Å². The first-order chi connectivity index (χ1) is 13.4. The molecule has 142 valence electrons. The van der Waals surface area contributed by atoms with E-state index in [9.17, 15) is 0 Å². The predicted octanol–water partition coefficient (Wildman–Crippen LogP) is 5.72. The van der Waals surface area contributed by atoms with Crippen molar-refractivity contribution in [3.63, 3.8) is 0 Å². The first-order valence-electron chi connectivity index (χ1n) is 10.3. The molecule has 0 spiro atoms. The molecule has 3 rings (SSSR count). The van der Waals surface area contributed by atoms with E-state index in [-0.39, 0.29) is 12.1 Å². The molecule has 0 heterocycles. The minimum absolute atomic E-state index is 0.258. The Morgan fingerprint density at radius 3 is 2.00 bits per heavy atom. The minimum atomic E-state index is 0.258. The van der Waals surface area contributed by atoms with E-state index < -0.39 is 0 Å². The van der Waals surface area contributed by atoms with Gasteiger partial charge < -0.3 is 10.6 Å². The molecule has 0 saturated heterocycles. The molecular formula is C25H32N2. The molecule has 0 fully saturated rings. The quantitative estimate of drug-likeness (QED) is 0.418. The van der Waals surface area contributed by atoms with Gasteiger partial charge in [-0.3, -0.25) is 0 Å². The van der Waals surface area contributed by atoms with Crippen LogP contribution in [0.4, 0.5) is 0 Å². The third kappa shape index (κ3) is 5.92. The second-order valence-electron chi connectivity index (χ2n) is 7.17. The molecule has 2 aromatic carbocycles. The topological polar surface area (TPSA) is 24.1 Å². The molecule has 2 N–H and O–H groups in total. The van der Waals surface area contributed by atoms with E-state index in [0.717, 1.165) is 25.9 Å². The van der Waals surface area contributed by atoms with E-state index in [2.05, 4.69) is 96.4 Å². The predicted molar refractivity (Wildman–Crippen MR) is 116 cm³/mol. The molecule has 0 bridgehead atoms. The van der Waals surface area contributed by atoms with Crippen LogP contribution < -0.4 is 10.6 Å². The summed E-state index contributed by atoms with van der Waals surface area (Å²) >= 11 is 0. The average molecular weight is 361 g/mol. The molecule has 27 heavy (non-hydrogen) atoms. The molecule has 1 aliphatic carbocycles. The van der Waals surface area contributed by atoms with Crippen molar-refractivity contribution >= 4 is 0 Å². The molecule has 1 aliphatic rings. The number of hydrogen-bond acceptors (Lipinski definition) is 2. The summed E-state index contributed by atoms with van der Waals surface area (Å²) in [6.45, 7) is 4.15. The maximum absolute atomic E-state index is 3.85. The van der Waals surface area contributed by atoms with Crippen molar-refractivity contribution in [3.05, 3.63) is 95.6 Å². The van der Waals surface area contributed by atoms with Crippen molar-refractivity contribution in [2.24, 2.45) is 0 Å². The molecule has 2 atom stereocenters. The number of likely N-dealkylation sites (N-methyl/N-ethyl adjacent to an activating group) is 1. The van der Waals surface area contributed by atoms with Crippen LogP contribution in [0.2, 0.25) is 0 Å². The third-order valence-corrected chi connectivity index (χ3v) is 5.20. The van der Waals surface area contributed by atoms with Crippen molar-refractivity contribution in [3.8, 4) is 0 Å². The lowest BCUT2D eigenvalue weighted by Gasteiger charge is -2.30. The zero-order valence-corrected chi connectivity index (χ0v) is 16.4. The molecule has 2 aromatic rings. The largest absolute Gasteiger partial charge is 0.309 e. The lowest BCUT2D eigenvalue weighted by molar-refractivity contribution is 0.388. The number of hydrogen-bond donors (Lipinski definition) is 2. The molecule has 2 unspecified atom stereocenters. The van der Waals surface area contributed by atoms with Gasteiger partial charge in [-0.15, -0.1) is 0 Å². The van der Waals surface area contributed by atoms with Crippen LogP contribution in [0.25, 0.3) is 0 Å². The van der Waals surface area contributed by atoms with Gasteiger partial charge in [0.1, 0.15) is 0 Å².